The van der Waals surface area contributed by atoms with E-state index in [1.807, 2.05) is 37.3 Å². The molecular weight excluding hydrogens is 360 g/mol. The molecule has 0 fully saturated rings. The average Bonchev–Trinajstić information content (AvgIpc) is 2.67. The van der Waals surface area contributed by atoms with Gasteiger partial charge in [-0.2, -0.15) is 0 Å². The number of halogens is 1. The minimum absolute atomic E-state index is 0.335. The fraction of sp³-hybridized carbons (Fsp3) is 0.0909. The van der Waals surface area contributed by atoms with Crippen LogP contribution in [0.15, 0.2) is 82.4 Å². The normalized spacial score (nSPS) is 11.0. The number of aryl methyl sites for hydroxylation is 1. The summed E-state index contributed by atoms with van der Waals surface area (Å²) in [6.45, 7) is 2.40. The molecule has 0 spiro atoms. The Morgan fingerprint density at radius 2 is 1.63 bits per heavy atom. The van der Waals surface area contributed by atoms with Gasteiger partial charge >= 0.3 is 5.69 Å². The van der Waals surface area contributed by atoms with Gasteiger partial charge in [-0.25, -0.2) is 9.36 Å². The summed E-state index contributed by atoms with van der Waals surface area (Å²) in [7, 11) is 0. The molecule has 27 heavy (non-hydrogen) atoms. The second-order valence-electron chi connectivity index (χ2n) is 6.49. The van der Waals surface area contributed by atoms with Crippen molar-refractivity contribution in [3.05, 3.63) is 110 Å². The van der Waals surface area contributed by atoms with E-state index >= 15 is 0 Å². The molecule has 0 aliphatic heterocycles. The molecule has 0 aliphatic rings. The number of aromatic nitrogens is 2. The zero-order valence-corrected chi connectivity index (χ0v) is 15.5. The summed E-state index contributed by atoms with van der Waals surface area (Å²) in [5.41, 5.74) is 2.54. The van der Waals surface area contributed by atoms with E-state index in [9.17, 15) is 9.59 Å². The van der Waals surface area contributed by atoms with Crippen LogP contribution in [0, 0.1) is 6.92 Å². The molecule has 0 atom stereocenters. The second-order valence-corrected chi connectivity index (χ2v) is 6.93. The molecule has 0 saturated carbocycles. The summed E-state index contributed by atoms with van der Waals surface area (Å²) in [5.74, 6) is 0. The van der Waals surface area contributed by atoms with Crippen LogP contribution in [-0.2, 0) is 6.54 Å². The van der Waals surface area contributed by atoms with Crippen LogP contribution in [-0.4, -0.2) is 9.13 Å². The number of benzene rings is 3. The molecule has 0 saturated heterocycles. The van der Waals surface area contributed by atoms with Gasteiger partial charge in [0.25, 0.3) is 5.56 Å². The first-order valence-corrected chi connectivity index (χ1v) is 8.98. The van der Waals surface area contributed by atoms with Gasteiger partial charge in [0.15, 0.2) is 0 Å². The third-order valence-electron chi connectivity index (χ3n) is 4.56. The number of hydrogen-bond donors (Lipinski definition) is 0. The predicted molar refractivity (Wildman–Crippen MR) is 109 cm³/mol. The maximum absolute atomic E-state index is 13.3. The zero-order valence-electron chi connectivity index (χ0n) is 14.7. The van der Waals surface area contributed by atoms with Gasteiger partial charge in [-0.1, -0.05) is 53.6 Å². The molecule has 0 radical (unpaired) electrons. The molecule has 0 aliphatic carbocycles. The number of rotatable bonds is 3. The lowest BCUT2D eigenvalue weighted by Crippen LogP contribution is -2.39. The zero-order chi connectivity index (χ0) is 19.0. The van der Waals surface area contributed by atoms with E-state index in [0.717, 1.165) is 11.1 Å². The maximum Gasteiger partial charge on any atom is 0.336 e. The standard InChI is InChI=1S/C22H17ClN2O2/c1-15-5-4-6-16(13-15)14-24-20-8-3-2-7-19(20)21(26)25(22(24)27)18-11-9-17(23)10-12-18/h2-13H,14H2,1H3. The fourth-order valence-corrected chi connectivity index (χ4v) is 3.41. The van der Waals surface area contributed by atoms with E-state index in [-0.39, 0.29) is 11.2 Å². The summed E-state index contributed by atoms with van der Waals surface area (Å²) in [5, 5.41) is 1.05. The van der Waals surface area contributed by atoms with E-state index in [0.29, 0.717) is 28.2 Å². The first-order valence-electron chi connectivity index (χ1n) is 8.61. The highest BCUT2D eigenvalue weighted by Crippen LogP contribution is 2.15. The van der Waals surface area contributed by atoms with E-state index in [1.165, 1.54) is 4.57 Å². The molecule has 0 unspecified atom stereocenters. The van der Waals surface area contributed by atoms with Crippen molar-refractivity contribution in [2.24, 2.45) is 0 Å². The third kappa shape index (κ3) is 3.20. The van der Waals surface area contributed by atoms with Gasteiger partial charge in [-0.3, -0.25) is 9.36 Å². The number of fused-ring (bicyclic) bond motifs is 1. The Hall–Kier alpha value is -3.11. The minimum atomic E-state index is -0.373. The molecule has 4 nitrogen and oxygen atoms in total. The van der Waals surface area contributed by atoms with Gasteiger partial charge in [-0.15, -0.1) is 0 Å². The predicted octanol–water partition coefficient (Wildman–Crippen LogP) is 4.16. The highest BCUT2D eigenvalue weighted by Gasteiger charge is 2.14. The highest BCUT2D eigenvalue weighted by atomic mass is 35.5. The van der Waals surface area contributed by atoms with Crippen LogP contribution < -0.4 is 11.2 Å². The molecule has 5 heteroatoms. The Bertz CT molecular complexity index is 1250. The van der Waals surface area contributed by atoms with Gasteiger partial charge in [0.05, 0.1) is 23.1 Å². The maximum atomic E-state index is 13.3. The van der Waals surface area contributed by atoms with Crippen LogP contribution >= 0.6 is 11.6 Å². The van der Waals surface area contributed by atoms with Gasteiger partial charge in [0.2, 0.25) is 0 Å². The molecule has 0 N–H and O–H groups in total. The lowest BCUT2D eigenvalue weighted by Gasteiger charge is -2.14. The third-order valence-corrected chi connectivity index (χ3v) is 4.81. The first-order chi connectivity index (χ1) is 13.0. The molecule has 1 heterocycles. The summed E-state index contributed by atoms with van der Waals surface area (Å²) in [6, 6.07) is 21.9. The molecule has 134 valence electrons. The Labute approximate surface area is 160 Å². The van der Waals surface area contributed by atoms with Crippen LogP contribution in [0.4, 0.5) is 0 Å². The first kappa shape index (κ1) is 17.3. The van der Waals surface area contributed by atoms with Gasteiger partial charge in [0.1, 0.15) is 0 Å². The highest BCUT2D eigenvalue weighted by molar-refractivity contribution is 6.30. The average molecular weight is 377 g/mol. The number of nitrogens with zero attached hydrogens (tertiary/aromatic N) is 2. The van der Waals surface area contributed by atoms with E-state index in [2.05, 4.69) is 0 Å². The van der Waals surface area contributed by atoms with Gasteiger partial charge < -0.3 is 0 Å². The largest absolute Gasteiger partial charge is 0.336 e. The van der Waals surface area contributed by atoms with Crippen LogP contribution in [0.1, 0.15) is 11.1 Å². The fourth-order valence-electron chi connectivity index (χ4n) is 3.28. The van der Waals surface area contributed by atoms with E-state index < -0.39 is 0 Å². The molecule has 4 rings (SSSR count). The van der Waals surface area contributed by atoms with Gasteiger partial charge in [0, 0.05) is 5.02 Å². The molecule has 0 amide bonds. The van der Waals surface area contributed by atoms with Crippen molar-refractivity contribution in [2.75, 3.05) is 0 Å². The summed E-state index contributed by atoms with van der Waals surface area (Å²) >= 11 is 5.96. The van der Waals surface area contributed by atoms with Gasteiger partial charge in [-0.05, 0) is 48.9 Å². The van der Waals surface area contributed by atoms with Crippen molar-refractivity contribution >= 4 is 22.5 Å². The van der Waals surface area contributed by atoms with Crippen molar-refractivity contribution in [1.82, 2.24) is 9.13 Å². The Morgan fingerprint density at radius 3 is 2.37 bits per heavy atom. The van der Waals surface area contributed by atoms with E-state index in [4.69, 9.17) is 11.6 Å². The monoisotopic (exact) mass is 376 g/mol. The molecule has 4 aromatic rings. The Balaban J connectivity index is 2.01. The quantitative estimate of drug-likeness (QED) is 0.539. The summed E-state index contributed by atoms with van der Waals surface area (Å²) < 4.78 is 2.84. The Morgan fingerprint density at radius 1 is 0.889 bits per heavy atom. The molecule has 3 aromatic carbocycles. The number of para-hydroxylation sites is 1. The van der Waals surface area contributed by atoms with Crippen LogP contribution in [0.3, 0.4) is 0 Å². The minimum Gasteiger partial charge on any atom is -0.288 e. The summed E-state index contributed by atoms with van der Waals surface area (Å²) in [4.78, 5) is 26.3. The SMILES string of the molecule is Cc1cccc(Cn2c(=O)n(-c3ccc(Cl)cc3)c(=O)c3ccccc32)c1. The Kier molecular flexibility index (Phi) is 4.42. The molecular formula is C22H17ClN2O2. The van der Waals surface area contributed by atoms with Crippen molar-refractivity contribution in [2.45, 2.75) is 13.5 Å². The second kappa shape index (κ2) is 6.89. The summed E-state index contributed by atoms with van der Waals surface area (Å²) in [6.07, 6.45) is 0. The van der Waals surface area contributed by atoms with Crippen molar-refractivity contribution in [3.63, 3.8) is 0 Å². The van der Waals surface area contributed by atoms with Crippen molar-refractivity contribution < 1.29 is 0 Å². The lowest BCUT2D eigenvalue weighted by molar-refractivity contribution is 0.714. The van der Waals surface area contributed by atoms with Crippen molar-refractivity contribution in [3.8, 4) is 5.69 Å². The van der Waals surface area contributed by atoms with Crippen molar-refractivity contribution in [1.29, 1.82) is 0 Å². The van der Waals surface area contributed by atoms with Crippen LogP contribution in [0.2, 0.25) is 5.02 Å². The molecule has 1 aromatic heterocycles. The smallest absolute Gasteiger partial charge is 0.288 e. The topological polar surface area (TPSA) is 44.0 Å². The van der Waals surface area contributed by atoms with E-state index in [1.54, 1.807) is 47.0 Å². The lowest BCUT2D eigenvalue weighted by atomic mass is 10.1. The van der Waals surface area contributed by atoms with Crippen LogP contribution in [0.5, 0.6) is 0 Å². The molecule has 0 bridgehead atoms. The number of hydrogen-bond acceptors (Lipinski definition) is 2. The van der Waals surface area contributed by atoms with Crippen LogP contribution in [0.25, 0.3) is 16.6 Å².